The lowest BCUT2D eigenvalue weighted by atomic mass is 9.86. The van der Waals surface area contributed by atoms with Gasteiger partial charge < -0.3 is 14.6 Å². The number of benzene rings is 3. The highest BCUT2D eigenvalue weighted by Crippen LogP contribution is 2.47. The molecule has 3 aromatic rings. The first-order chi connectivity index (χ1) is 17.4. The van der Waals surface area contributed by atoms with E-state index < -0.39 is 6.10 Å². The first-order valence-corrected chi connectivity index (χ1v) is 12.4. The van der Waals surface area contributed by atoms with Gasteiger partial charge in [-0.25, -0.2) is 4.39 Å². The van der Waals surface area contributed by atoms with Crippen LogP contribution in [0.2, 0.25) is 0 Å². The van der Waals surface area contributed by atoms with E-state index in [0.29, 0.717) is 12.4 Å². The molecule has 3 atom stereocenters. The molecule has 188 valence electrons. The van der Waals surface area contributed by atoms with E-state index in [2.05, 4.69) is 11.8 Å². The fourth-order valence-electron chi connectivity index (χ4n) is 5.12. The van der Waals surface area contributed by atoms with Gasteiger partial charge in [0.2, 0.25) is 0 Å². The van der Waals surface area contributed by atoms with Gasteiger partial charge in [-0.3, -0.25) is 9.29 Å². The third-order valence-corrected chi connectivity index (χ3v) is 7.27. The molecule has 5 rings (SSSR count). The summed E-state index contributed by atoms with van der Waals surface area (Å²) in [5.74, 6) is 1.46. The Kier molecular flexibility index (Phi) is 6.97. The Morgan fingerprint density at radius 1 is 1.08 bits per heavy atom. The molecule has 1 saturated heterocycles. The van der Waals surface area contributed by atoms with Crippen molar-refractivity contribution in [3.63, 3.8) is 0 Å². The van der Waals surface area contributed by atoms with Crippen molar-refractivity contribution in [2.75, 3.05) is 26.4 Å². The minimum atomic E-state index is -0.400. The fourth-order valence-corrected chi connectivity index (χ4v) is 5.12. The zero-order valence-electron chi connectivity index (χ0n) is 20.6. The number of aromatic hydroxyl groups is 1. The Labute approximate surface area is 210 Å². The highest BCUT2D eigenvalue weighted by molar-refractivity contribution is 5.95. The summed E-state index contributed by atoms with van der Waals surface area (Å²) in [5.41, 5.74) is 4.51. The van der Waals surface area contributed by atoms with E-state index in [0.717, 1.165) is 53.1 Å². The minimum Gasteiger partial charge on any atom is -0.508 e. The fraction of sp³-hybridized carbons (Fsp3) is 0.333. The number of likely N-dealkylation sites (tertiary alicyclic amines) is 1. The summed E-state index contributed by atoms with van der Waals surface area (Å²) in [5, 5.41) is 10.0. The molecule has 6 heteroatoms. The number of allylic oxidation sites excluding steroid dienone is 1. The number of alkyl halides is 1. The van der Waals surface area contributed by atoms with E-state index in [1.54, 1.807) is 30.3 Å². The average molecular weight is 492 g/mol. The van der Waals surface area contributed by atoms with Crippen LogP contribution in [-0.2, 0) is 0 Å². The van der Waals surface area contributed by atoms with Crippen molar-refractivity contribution in [2.24, 2.45) is 5.92 Å². The van der Waals surface area contributed by atoms with Crippen LogP contribution in [0.25, 0.3) is 11.1 Å². The normalized spacial score (nSPS) is 20.7. The van der Waals surface area contributed by atoms with Gasteiger partial charge in [0.05, 0.1) is 6.67 Å². The van der Waals surface area contributed by atoms with Gasteiger partial charge in [0, 0.05) is 29.6 Å². The molecule has 2 aliphatic rings. The van der Waals surface area contributed by atoms with Gasteiger partial charge in [0.15, 0.2) is 0 Å². The standard InChI is InChI=1S/C30H31F2NO3/c1-19(33-14-13-21(16-31)17-33)18-35-26-10-5-23(6-11-26)30-29(22-3-7-24(32)8-4-22)20(2)27-15-25(34)9-12-28(27)36-30/h3-12,15,19,21,30,34H,13-14,16-18H2,1-2H3. The first-order valence-electron chi connectivity index (χ1n) is 12.4. The Hall–Kier alpha value is -3.38. The van der Waals surface area contributed by atoms with Gasteiger partial charge in [-0.15, -0.1) is 0 Å². The summed E-state index contributed by atoms with van der Waals surface area (Å²) in [6.07, 6.45) is 0.505. The lowest BCUT2D eigenvalue weighted by Gasteiger charge is -2.31. The van der Waals surface area contributed by atoms with Gasteiger partial charge in [-0.1, -0.05) is 24.3 Å². The van der Waals surface area contributed by atoms with Crippen LogP contribution in [0.3, 0.4) is 0 Å². The number of hydrogen-bond acceptors (Lipinski definition) is 4. The molecule has 0 aliphatic carbocycles. The predicted octanol–water partition coefficient (Wildman–Crippen LogP) is 6.65. The molecule has 0 amide bonds. The van der Waals surface area contributed by atoms with E-state index in [1.807, 2.05) is 31.2 Å². The zero-order chi connectivity index (χ0) is 25.2. The molecular formula is C30H31F2NO3. The Bertz CT molecular complexity index is 1240. The van der Waals surface area contributed by atoms with E-state index in [4.69, 9.17) is 9.47 Å². The van der Waals surface area contributed by atoms with Gasteiger partial charge in [-0.2, -0.15) is 0 Å². The summed E-state index contributed by atoms with van der Waals surface area (Å²) >= 11 is 0. The van der Waals surface area contributed by atoms with Crippen LogP contribution in [-0.4, -0.2) is 42.4 Å². The summed E-state index contributed by atoms with van der Waals surface area (Å²) in [6, 6.07) is 19.5. The van der Waals surface area contributed by atoms with E-state index in [-0.39, 0.29) is 30.2 Å². The number of phenols is 1. The van der Waals surface area contributed by atoms with Crippen LogP contribution in [0.15, 0.2) is 66.7 Å². The molecule has 3 unspecified atom stereocenters. The topological polar surface area (TPSA) is 41.9 Å². The van der Waals surface area contributed by atoms with Crippen LogP contribution < -0.4 is 9.47 Å². The summed E-state index contributed by atoms with van der Waals surface area (Å²) in [4.78, 5) is 2.28. The number of ether oxygens (including phenoxy) is 2. The van der Waals surface area contributed by atoms with Crippen LogP contribution in [0.1, 0.15) is 43.1 Å². The van der Waals surface area contributed by atoms with Crippen molar-refractivity contribution in [3.8, 4) is 17.2 Å². The minimum absolute atomic E-state index is 0.142. The second kappa shape index (κ2) is 10.3. The molecular weight excluding hydrogens is 460 g/mol. The molecule has 0 saturated carbocycles. The lowest BCUT2D eigenvalue weighted by Crippen LogP contribution is -2.35. The molecule has 1 fully saturated rings. The molecule has 3 aromatic carbocycles. The maximum atomic E-state index is 13.7. The van der Waals surface area contributed by atoms with Crippen LogP contribution in [0, 0.1) is 11.7 Å². The maximum Gasteiger partial charge on any atom is 0.150 e. The van der Waals surface area contributed by atoms with Crippen molar-refractivity contribution in [1.29, 1.82) is 0 Å². The van der Waals surface area contributed by atoms with E-state index in [1.165, 1.54) is 12.1 Å². The highest BCUT2D eigenvalue weighted by Gasteiger charge is 2.30. The van der Waals surface area contributed by atoms with Crippen molar-refractivity contribution in [3.05, 3.63) is 89.2 Å². The first kappa shape index (κ1) is 24.3. The second-order valence-corrected chi connectivity index (χ2v) is 9.76. The molecule has 0 bridgehead atoms. The quantitative estimate of drug-likeness (QED) is 0.402. The second-order valence-electron chi connectivity index (χ2n) is 9.76. The number of hydrogen-bond donors (Lipinski definition) is 1. The van der Waals surface area contributed by atoms with Crippen LogP contribution >= 0.6 is 0 Å². The monoisotopic (exact) mass is 491 g/mol. The average Bonchev–Trinajstić information content (AvgIpc) is 3.38. The van der Waals surface area contributed by atoms with E-state index >= 15 is 0 Å². The molecule has 0 aromatic heterocycles. The SMILES string of the molecule is CC1=C(c2ccc(F)cc2)C(c2ccc(OCC(C)N3CCC(CF)C3)cc2)Oc2ccc(O)cc21. The van der Waals surface area contributed by atoms with Gasteiger partial charge in [0.25, 0.3) is 0 Å². The van der Waals surface area contributed by atoms with Crippen molar-refractivity contribution in [2.45, 2.75) is 32.4 Å². The highest BCUT2D eigenvalue weighted by atomic mass is 19.1. The summed E-state index contributed by atoms with van der Waals surface area (Å²) < 4.78 is 39.1. The Morgan fingerprint density at radius 3 is 2.53 bits per heavy atom. The van der Waals surface area contributed by atoms with Gasteiger partial charge >= 0.3 is 0 Å². The molecule has 36 heavy (non-hydrogen) atoms. The summed E-state index contributed by atoms with van der Waals surface area (Å²) in [6.45, 7) is 6.09. The van der Waals surface area contributed by atoms with Crippen LogP contribution in [0.5, 0.6) is 17.2 Å². The molecule has 2 aliphatic heterocycles. The smallest absolute Gasteiger partial charge is 0.150 e. The largest absolute Gasteiger partial charge is 0.508 e. The third-order valence-electron chi connectivity index (χ3n) is 7.27. The molecule has 0 spiro atoms. The maximum absolute atomic E-state index is 13.7. The Balaban J connectivity index is 1.37. The number of fused-ring (bicyclic) bond motifs is 1. The number of rotatable bonds is 7. The van der Waals surface area contributed by atoms with E-state index in [9.17, 15) is 13.9 Å². The molecule has 4 nitrogen and oxygen atoms in total. The van der Waals surface area contributed by atoms with Gasteiger partial charge in [0.1, 0.15) is 35.8 Å². The van der Waals surface area contributed by atoms with Crippen molar-refractivity contribution >= 4 is 11.1 Å². The van der Waals surface area contributed by atoms with Crippen molar-refractivity contribution < 1.29 is 23.4 Å². The number of nitrogens with zero attached hydrogens (tertiary/aromatic N) is 1. The third kappa shape index (κ3) is 4.96. The van der Waals surface area contributed by atoms with Gasteiger partial charge in [-0.05, 0) is 86.0 Å². The van der Waals surface area contributed by atoms with Crippen molar-refractivity contribution in [1.82, 2.24) is 4.90 Å². The molecule has 1 N–H and O–H groups in total. The zero-order valence-corrected chi connectivity index (χ0v) is 20.6. The molecule has 0 radical (unpaired) electrons. The predicted molar refractivity (Wildman–Crippen MR) is 137 cm³/mol. The molecule has 2 heterocycles. The number of halogens is 2. The Morgan fingerprint density at radius 2 is 1.83 bits per heavy atom. The lowest BCUT2D eigenvalue weighted by molar-refractivity contribution is 0.165. The summed E-state index contributed by atoms with van der Waals surface area (Å²) in [7, 11) is 0. The number of phenolic OH excluding ortho intramolecular Hbond substituents is 1. The van der Waals surface area contributed by atoms with Crippen LogP contribution in [0.4, 0.5) is 8.78 Å².